The largest absolute Gasteiger partial charge is 0.190 e. The highest BCUT2D eigenvalue weighted by atomic mass is 79.9. The Labute approximate surface area is 172 Å². The summed E-state index contributed by atoms with van der Waals surface area (Å²) in [6.07, 6.45) is 7.16. The van der Waals surface area contributed by atoms with Gasteiger partial charge in [-0.15, -0.1) is 0 Å². The highest BCUT2D eigenvalue weighted by Gasteiger charge is 2.67. The smallest absolute Gasteiger partial charge is 0.0941 e. The van der Waals surface area contributed by atoms with Gasteiger partial charge in [0.1, 0.15) is 0 Å². The number of alkyl halides is 8. The molecule has 0 N–H and O–H groups in total. The second-order valence-corrected chi connectivity index (χ2v) is 12.0. The third-order valence-corrected chi connectivity index (χ3v) is 9.89. The summed E-state index contributed by atoms with van der Waals surface area (Å²) >= 11 is 45.6. The zero-order valence-corrected chi connectivity index (χ0v) is 18.6. The predicted molar refractivity (Wildman–Crippen MR) is 103 cm³/mol. The van der Waals surface area contributed by atoms with E-state index in [-0.39, 0.29) is 15.6 Å². The summed E-state index contributed by atoms with van der Waals surface area (Å²) in [5.41, 5.74) is 0.687. The molecule has 2 aliphatic carbocycles. The zero-order chi connectivity index (χ0) is 16.1. The van der Waals surface area contributed by atoms with Gasteiger partial charge in [-0.1, -0.05) is 121 Å². The van der Waals surface area contributed by atoms with Crippen molar-refractivity contribution in [1.82, 2.24) is 0 Å². The van der Waals surface area contributed by atoms with E-state index in [1.165, 1.54) is 6.42 Å². The van der Waals surface area contributed by atoms with E-state index in [9.17, 15) is 0 Å². The van der Waals surface area contributed by atoms with Gasteiger partial charge < -0.3 is 0 Å². The number of hydrogen-bond acceptors (Lipinski definition) is 0. The van der Waals surface area contributed by atoms with E-state index in [0.29, 0.717) is 5.57 Å². The number of allylic oxidation sites excluding steroid dienone is 2. The van der Waals surface area contributed by atoms with Crippen molar-refractivity contribution in [1.29, 1.82) is 0 Å². The third kappa shape index (κ3) is 3.54. The van der Waals surface area contributed by atoms with E-state index >= 15 is 0 Å². The minimum Gasteiger partial charge on any atom is -0.0941 e. The van der Waals surface area contributed by atoms with Crippen LogP contribution in [0.1, 0.15) is 32.1 Å². The summed E-state index contributed by atoms with van der Waals surface area (Å²) in [7, 11) is 0. The molecule has 122 valence electrons. The standard InChI is InChI=1S/C13H14Br2Cl6/c14-8-4-2-1-3-5-9(15)10(8)7-6-11(16,17)13(20,21)12(7,18)19/h6,8-10H,1-5H2. The highest BCUT2D eigenvalue weighted by Crippen LogP contribution is 2.65. The van der Waals surface area contributed by atoms with Crippen molar-refractivity contribution in [3.8, 4) is 0 Å². The fourth-order valence-electron chi connectivity index (χ4n) is 2.90. The lowest BCUT2D eigenvalue weighted by atomic mass is 9.84. The van der Waals surface area contributed by atoms with Crippen molar-refractivity contribution in [3.05, 3.63) is 11.6 Å². The van der Waals surface area contributed by atoms with Gasteiger partial charge in [0.2, 0.25) is 0 Å². The Balaban J connectivity index is 2.42. The molecule has 21 heavy (non-hydrogen) atoms. The van der Waals surface area contributed by atoms with Gasteiger partial charge in [-0.25, -0.2) is 0 Å². The Morgan fingerprint density at radius 2 is 1.33 bits per heavy atom. The van der Waals surface area contributed by atoms with Crippen LogP contribution in [0, 0.1) is 5.92 Å². The van der Waals surface area contributed by atoms with E-state index in [4.69, 9.17) is 69.6 Å². The average Bonchev–Trinajstić information content (AvgIpc) is 2.45. The van der Waals surface area contributed by atoms with Crippen molar-refractivity contribution >= 4 is 101 Å². The van der Waals surface area contributed by atoms with Crippen molar-refractivity contribution < 1.29 is 0 Å². The molecule has 0 aliphatic heterocycles. The molecular formula is C13H14Br2Cl6. The molecule has 1 saturated carbocycles. The second-order valence-electron chi connectivity index (χ2n) is 5.57. The molecule has 2 aliphatic rings. The maximum Gasteiger partial charge on any atom is 0.190 e. The first-order chi connectivity index (χ1) is 9.52. The maximum atomic E-state index is 6.49. The number of rotatable bonds is 1. The van der Waals surface area contributed by atoms with Gasteiger partial charge in [0, 0.05) is 15.6 Å². The summed E-state index contributed by atoms with van der Waals surface area (Å²) in [6, 6.07) is 0. The lowest BCUT2D eigenvalue weighted by Crippen LogP contribution is -2.46. The van der Waals surface area contributed by atoms with Crippen LogP contribution >= 0.6 is 101 Å². The molecule has 0 amide bonds. The first-order valence-electron chi connectivity index (χ1n) is 6.67. The van der Waals surface area contributed by atoms with Crippen molar-refractivity contribution in [2.24, 2.45) is 5.92 Å². The van der Waals surface area contributed by atoms with Crippen molar-refractivity contribution in [2.45, 2.75) is 54.8 Å². The number of halogens is 8. The zero-order valence-electron chi connectivity index (χ0n) is 10.9. The molecule has 2 atom stereocenters. The minimum absolute atomic E-state index is 0.0246. The minimum atomic E-state index is -1.70. The third-order valence-electron chi connectivity index (χ3n) is 4.11. The molecule has 0 heterocycles. The molecule has 0 saturated heterocycles. The maximum absolute atomic E-state index is 6.49. The molecule has 1 fully saturated rings. The van der Waals surface area contributed by atoms with Crippen LogP contribution in [-0.4, -0.2) is 22.7 Å². The van der Waals surface area contributed by atoms with Crippen LogP contribution in [0.2, 0.25) is 0 Å². The van der Waals surface area contributed by atoms with E-state index in [1.54, 1.807) is 6.08 Å². The SMILES string of the molecule is ClC1(Cl)C=C(C2C(Br)CCCCCC2Br)C(Cl)(Cl)C1(Cl)Cl. The van der Waals surface area contributed by atoms with Crippen molar-refractivity contribution in [3.63, 3.8) is 0 Å². The molecule has 2 rings (SSSR count). The Hall–Kier alpha value is 2.44. The van der Waals surface area contributed by atoms with Crippen LogP contribution in [0.25, 0.3) is 0 Å². The van der Waals surface area contributed by atoms with Gasteiger partial charge in [-0.05, 0) is 24.5 Å². The van der Waals surface area contributed by atoms with Gasteiger partial charge in [0.25, 0.3) is 0 Å². The van der Waals surface area contributed by atoms with Gasteiger partial charge in [0.05, 0.1) is 0 Å². The molecule has 0 nitrogen and oxygen atoms in total. The van der Waals surface area contributed by atoms with E-state index in [1.807, 2.05) is 0 Å². The molecule has 0 aromatic carbocycles. The highest BCUT2D eigenvalue weighted by molar-refractivity contribution is 9.10. The molecule has 0 radical (unpaired) electrons. The van der Waals surface area contributed by atoms with Crippen LogP contribution < -0.4 is 0 Å². The Morgan fingerprint density at radius 1 is 0.857 bits per heavy atom. The lowest BCUT2D eigenvalue weighted by molar-refractivity contribution is 0.441. The molecule has 0 aromatic rings. The molecule has 0 spiro atoms. The van der Waals surface area contributed by atoms with Crippen LogP contribution in [0.5, 0.6) is 0 Å². The Morgan fingerprint density at radius 3 is 1.71 bits per heavy atom. The molecular weight excluding hydrogens is 529 g/mol. The molecule has 2 unspecified atom stereocenters. The summed E-state index contributed by atoms with van der Waals surface area (Å²) in [5.74, 6) is 0.0246. The van der Waals surface area contributed by atoms with E-state index < -0.39 is 13.0 Å². The van der Waals surface area contributed by atoms with Crippen molar-refractivity contribution in [2.75, 3.05) is 0 Å². The fourth-order valence-corrected chi connectivity index (χ4v) is 6.97. The van der Waals surface area contributed by atoms with Crippen LogP contribution in [0.3, 0.4) is 0 Å². The average molecular weight is 543 g/mol. The van der Waals surface area contributed by atoms with Gasteiger partial charge >= 0.3 is 0 Å². The summed E-state index contributed by atoms with van der Waals surface area (Å²) in [5, 5.41) is 0. The van der Waals surface area contributed by atoms with Crippen LogP contribution in [0.4, 0.5) is 0 Å². The normalized spacial score (nSPS) is 38.5. The van der Waals surface area contributed by atoms with Gasteiger partial charge in [0.15, 0.2) is 13.0 Å². The Bertz CT molecular complexity index is 422. The quantitative estimate of drug-likeness (QED) is 0.237. The summed E-state index contributed by atoms with van der Waals surface area (Å²) in [6.45, 7) is 0. The molecule has 0 aromatic heterocycles. The van der Waals surface area contributed by atoms with Crippen LogP contribution in [0.15, 0.2) is 11.6 Å². The second kappa shape index (κ2) is 6.98. The first kappa shape index (κ1) is 19.8. The first-order valence-corrected chi connectivity index (χ1v) is 10.8. The summed E-state index contributed by atoms with van der Waals surface area (Å²) < 4.78 is -4.78. The Kier molecular flexibility index (Phi) is 6.57. The predicted octanol–water partition coefficient (Wildman–Crippen LogP) is 7.56. The fraction of sp³-hybridized carbons (Fsp3) is 0.846. The lowest BCUT2D eigenvalue weighted by Gasteiger charge is -2.38. The monoisotopic (exact) mass is 538 g/mol. The van der Waals surface area contributed by atoms with E-state index in [2.05, 4.69) is 31.9 Å². The molecule has 8 heteroatoms. The van der Waals surface area contributed by atoms with Gasteiger partial charge in [-0.3, -0.25) is 0 Å². The number of hydrogen-bond donors (Lipinski definition) is 0. The summed E-state index contributed by atoms with van der Waals surface area (Å²) in [4.78, 5) is 0.410. The van der Waals surface area contributed by atoms with Crippen LogP contribution in [-0.2, 0) is 0 Å². The molecule has 0 bridgehead atoms. The topological polar surface area (TPSA) is 0 Å². The van der Waals surface area contributed by atoms with Gasteiger partial charge in [-0.2, -0.15) is 0 Å². The van der Waals surface area contributed by atoms with E-state index in [0.717, 1.165) is 25.7 Å².